The molecule has 0 saturated carbocycles. The lowest BCUT2D eigenvalue weighted by Crippen LogP contribution is -2.31. The molecule has 0 aromatic heterocycles. The molecule has 4 aromatic rings. The predicted octanol–water partition coefficient (Wildman–Crippen LogP) is 6.57. The maximum Gasteiger partial charge on any atom is 0.258 e. The van der Waals surface area contributed by atoms with Crippen LogP contribution in [0.2, 0.25) is 0 Å². The molecule has 4 heteroatoms. The van der Waals surface area contributed by atoms with Gasteiger partial charge in [-0.05, 0) is 61.2 Å². The first-order chi connectivity index (χ1) is 17.4. The summed E-state index contributed by atoms with van der Waals surface area (Å²) in [7, 11) is 0. The molecule has 182 valence electrons. The number of carbonyl (C=O) groups excluding carboxylic acids is 2. The molecule has 2 amide bonds. The van der Waals surface area contributed by atoms with E-state index < -0.39 is 0 Å². The summed E-state index contributed by atoms with van der Waals surface area (Å²) in [5.41, 5.74) is 6.51. The minimum atomic E-state index is -0.0810. The molecule has 0 fully saturated rings. The van der Waals surface area contributed by atoms with E-state index in [1.807, 2.05) is 99.6 Å². The van der Waals surface area contributed by atoms with Gasteiger partial charge in [0.25, 0.3) is 5.91 Å². The number of hydrogen-bond donors (Lipinski definition) is 1. The van der Waals surface area contributed by atoms with Crippen molar-refractivity contribution in [1.82, 2.24) is 5.32 Å². The van der Waals surface area contributed by atoms with Gasteiger partial charge in [0.1, 0.15) is 0 Å². The van der Waals surface area contributed by atoms with E-state index in [0.29, 0.717) is 12.1 Å². The summed E-state index contributed by atoms with van der Waals surface area (Å²) in [6, 6.07) is 33.4. The molecule has 0 aliphatic heterocycles. The number of amides is 2. The van der Waals surface area contributed by atoms with Crippen LogP contribution in [0.3, 0.4) is 0 Å². The van der Waals surface area contributed by atoms with Gasteiger partial charge >= 0.3 is 0 Å². The summed E-state index contributed by atoms with van der Waals surface area (Å²) in [4.78, 5) is 28.3. The highest BCUT2D eigenvalue weighted by molar-refractivity contribution is 6.07. The zero-order valence-electron chi connectivity index (χ0n) is 21.1. The van der Waals surface area contributed by atoms with Gasteiger partial charge in [0, 0.05) is 11.3 Å². The standard InChI is InChI=1S/C32H32N2O2/c1-23-16-18-26(19-17-23)22-34(32(36)30-15-8-7-10-24(30)2)29-14-9-11-27(20-29)21-31(35)33-25(3)28-12-5-4-6-13-28/h4-20,25H,21-22H2,1-3H3,(H,33,35)/t25-/m0/s1. The monoisotopic (exact) mass is 476 g/mol. The van der Waals surface area contributed by atoms with Gasteiger partial charge in [-0.3, -0.25) is 9.59 Å². The van der Waals surface area contributed by atoms with Gasteiger partial charge in [-0.1, -0.05) is 90.5 Å². The second-order valence-electron chi connectivity index (χ2n) is 9.24. The average molecular weight is 477 g/mol. The number of rotatable bonds is 8. The van der Waals surface area contributed by atoms with E-state index in [1.54, 1.807) is 4.90 Å². The molecule has 4 aromatic carbocycles. The lowest BCUT2D eigenvalue weighted by molar-refractivity contribution is -0.121. The summed E-state index contributed by atoms with van der Waals surface area (Å²) in [6.45, 7) is 6.42. The van der Waals surface area contributed by atoms with Crippen LogP contribution in [0.4, 0.5) is 5.69 Å². The van der Waals surface area contributed by atoms with Gasteiger partial charge in [0.05, 0.1) is 19.0 Å². The third-order valence-electron chi connectivity index (χ3n) is 6.35. The van der Waals surface area contributed by atoms with E-state index in [9.17, 15) is 9.59 Å². The molecule has 1 N–H and O–H groups in total. The largest absolute Gasteiger partial charge is 0.349 e. The molecule has 0 aliphatic carbocycles. The van der Waals surface area contributed by atoms with E-state index in [-0.39, 0.29) is 24.3 Å². The van der Waals surface area contributed by atoms with Crippen molar-refractivity contribution in [1.29, 1.82) is 0 Å². The zero-order chi connectivity index (χ0) is 25.5. The van der Waals surface area contributed by atoms with Crippen molar-refractivity contribution in [3.63, 3.8) is 0 Å². The van der Waals surface area contributed by atoms with Crippen LogP contribution in [0.5, 0.6) is 0 Å². The molecule has 36 heavy (non-hydrogen) atoms. The minimum Gasteiger partial charge on any atom is -0.349 e. The lowest BCUT2D eigenvalue weighted by atomic mass is 10.0. The SMILES string of the molecule is Cc1ccc(CN(C(=O)c2ccccc2C)c2cccc(CC(=O)N[C@@H](C)c3ccccc3)c2)cc1. The smallest absolute Gasteiger partial charge is 0.258 e. The fourth-order valence-electron chi connectivity index (χ4n) is 4.25. The van der Waals surface area contributed by atoms with Gasteiger partial charge in [0.15, 0.2) is 0 Å². The molecule has 4 rings (SSSR count). The molecule has 0 unspecified atom stereocenters. The highest BCUT2D eigenvalue weighted by Gasteiger charge is 2.20. The van der Waals surface area contributed by atoms with Crippen molar-refractivity contribution >= 4 is 17.5 Å². The van der Waals surface area contributed by atoms with E-state index in [0.717, 1.165) is 27.9 Å². The quantitative estimate of drug-likeness (QED) is 0.313. The van der Waals surface area contributed by atoms with Gasteiger partial charge in [-0.2, -0.15) is 0 Å². The topological polar surface area (TPSA) is 49.4 Å². The van der Waals surface area contributed by atoms with Crippen LogP contribution < -0.4 is 10.2 Å². The normalized spacial score (nSPS) is 11.5. The molecule has 1 atom stereocenters. The lowest BCUT2D eigenvalue weighted by Gasteiger charge is -2.25. The van der Waals surface area contributed by atoms with Crippen LogP contribution >= 0.6 is 0 Å². The number of nitrogens with zero attached hydrogens (tertiary/aromatic N) is 1. The van der Waals surface area contributed by atoms with Crippen molar-refractivity contribution in [3.8, 4) is 0 Å². The number of hydrogen-bond acceptors (Lipinski definition) is 2. The zero-order valence-corrected chi connectivity index (χ0v) is 21.1. The molecule has 0 spiro atoms. The second kappa shape index (κ2) is 11.5. The molecule has 0 aliphatic rings. The average Bonchev–Trinajstić information content (AvgIpc) is 2.89. The van der Waals surface area contributed by atoms with Gasteiger partial charge < -0.3 is 10.2 Å². The van der Waals surface area contributed by atoms with Crippen LogP contribution in [-0.2, 0) is 17.8 Å². The number of benzene rings is 4. The molecular formula is C32H32N2O2. The Labute approximate surface area is 213 Å². The van der Waals surface area contributed by atoms with Crippen LogP contribution in [-0.4, -0.2) is 11.8 Å². The van der Waals surface area contributed by atoms with Crippen molar-refractivity contribution < 1.29 is 9.59 Å². The van der Waals surface area contributed by atoms with Crippen molar-refractivity contribution in [2.24, 2.45) is 0 Å². The second-order valence-corrected chi connectivity index (χ2v) is 9.24. The minimum absolute atomic E-state index is 0.0567. The number of carbonyl (C=O) groups is 2. The maximum atomic E-state index is 13.7. The summed E-state index contributed by atoms with van der Waals surface area (Å²) in [5, 5.41) is 3.08. The highest BCUT2D eigenvalue weighted by atomic mass is 16.2. The Morgan fingerprint density at radius 1 is 0.778 bits per heavy atom. The summed E-state index contributed by atoms with van der Waals surface area (Å²) < 4.78 is 0. The summed E-state index contributed by atoms with van der Waals surface area (Å²) in [6.07, 6.45) is 0.238. The number of nitrogens with one attached hydrogen (secondary N) is 1. The Morgan fingerprint density at radius 2 is 1.47 bits per heavy atom. The molecule has 4 nitrogen and oxygen atoms in total. The molecule has 0 bridgehead atoms. The van der Waals surface area contributed by atoms with Gasteiger partial charge in [0.2, 0.25) is 5.91 Å². The first kappa shape index (κ1) is 24.9. The summed E-state index contributed by atoms with van der Waals surface area (Å²) >= 11 is 0. The Kier molecular flexibility index (Phi) is 7.96. The fourth-order valence-corrected chi connectivity index (χ4v) is 4.25. The van der Waals surface area contributed by atoms with Crippen molar-refractivity contribution in [2.75, 3.05) is 4.90 Å². The Balaban J connectivity index is 1.57. The highest BCUT2D eigenvalue weighted by Crippen LogP contribution is 2.24. The fraction of sp³-hybridized carbons (Fsp3) is 0.188. The molecular weight excluding hydrogens is 444 g/mol. The van der Waals surface area contributed by atoms with Gasteiger partial charge in [-0.15, -0.1) is 0 Å². The van der Waals surface area contributed by atoms with Crippen LogP contribution in [0.15, 0.2) is 103 Å². The molecule has 0 radical (unpaired) electrons. The predicted molar refractivity (Wildman–Crippen MR) is 146 cm³/mol. The number of aryl methyl sites for hydroxylation is 2. The third kappa shape index (κ3) is 6.28. The van der Waals surface area contributed by atoms with E-state index in [4.69, 9.17) is 0 Å². The van der Waals surface area contributed by atoms with Gasteiger partial charge in [-0.25, -0.2) is 0 Å². The van der Waals surface area contributed by atoms with Crippen LogP contribution in [0, 0.1) is 13.8 Å². The molecule has 0 saturated heterocycles. The van der Waals surface area contributed by atoms with Crippen LogP contribution in [0.1, 0.15) is 51.1 Å². The van der Waals surface area contributed by atoms with E-state index in [2.05, 4.69) is 29.6 Å². The first-order valence-corrected chi connectivity index (χ1v) is 12.3. The first-order valence-electron chi connectivity index (χ1n) is 12.3. The number of anilines is 1. The van der Waals surface area contributed by atoms with Crippen molar-refractivity contribution in [2.45, 2.75) is 39.8 Å². The summed E-state index contributed by atoms with van der Waals surface area (Å²) in [5.74, 6) is -0.119. The Hall–Kier alpha value is -4.18. The Bertz CT molecular complexity index is 1330. The van der Waals surface area contributed by atoms with Crippen LogP contribution in [0.25, 0.3) is 0 Å². The van der Waals surface area contributed by atoms with E-state index in [1.165, 1.54) is 5.56 Å². The third-order valence-corrected chi connectivity index (χ3v) is 6.35. The van der Waals surface area contributed by atoms with E-state index >= 15 is 0 Å². The Morgan fingerprint density at radius 3 is 2.19 bits per heavy atom. The maximum absolute atomic E-state index is 13.7. The van der Waals surface area contributed by atoms with Crippen molar-refractivity contribution in [3.05, 3.63) is 137 Å². The molecule has 0 heterocycles.